The van der Waals surface area contributed by atoms with Crippen molar-refractivity contribution in [1.29, 1.82) is 0 Å². The Balaban J connectivity index is 1.69. The highest BCUT2D eigenvalue weighted by atomic mass is 15.4. The van der Waals surface area contributed by atoms with Gasteiger partial charge in [0.05, 0.1) is 0 Å². The van der Waals surface area contributed by atoms with Crippen LogP contribution in [0.25, 0.3) is 0 Å². The molecule has 11 heavy (non-hydrogen) atoms. The summed E-state index contributed by atoms with van der Waals surface area (Å²) in [5, 5.41) is 0. The Bertz CT molecular complexity index is 144. The first-order valence-electron chi connectivity index (χ1n) is 5.16. The molecule has 0 amide bonds. The quantitative estimate of drug-likeness (QED) is 0.560. The molecule has 0 radical (unpaired) electrons. The van der Waals surface area contributed by atoms with Crippen molar-refractivity contribution in [2.45, 2.75) is 64.1 Å². The van der Waals surface area contributed by atoms with Gasteiger partial charge in [0.1, 0.15) is 0 Å². The lowest BCUT2D eigenvalue weighted by Gasteiger charge is -2.25. The minimum Gasteiger partial charge on any atom is -0.291 e. The number of fused-ring (bicyclic) bond motifs is 1. The van der Waals surface area contributed by atoms with Crippen LogP contribution < -0.4 is 0 Å². The highest BCUT2D eigenvalue weighted by molar-refractivity contribution is 5.14. The summed E-state index contributed by atoms with van der Waals surface area (Å²) in [7, 11) is 0. The first-order chi connectivity index (χ1) is 5.38. The van der Waals surface area contributed by atoms with Crippen molar-refractivity contribution in [2.24, 2.45) is 0 Å². The van der Waals surface area contributed by atoms with Crippen LogP contribution in [-0.4, -0.2) is 23.0 Å². The largest absolute Gasteiger partial charge is 0.291 e. The third kappa shape index (κ3) is 1.10. The average molecular weight is 153 g/mol. The van der Waals surface area contributed by atoms with E-state index in [1.807, 2.05) is 0 Å². The van der Waals surface area contributed by atoms with Gasteiger partial charge in [-0.05, 0) is 19.3 Å². The number of hydrogen-bond acceptors (Lipinski definition) is 1. The molecular weight excluding hydrogens is 134 g/mol. The van der Waals surface area contributed by atoms with Crippen LogP contribution in [0.4, 0.5) is 0 Å². The molecule has 0 aromatic heterocycles. The second-order valence-corrected chi connectivity index (χ2v) is 4.02. The maximum absolute atomic E-state index is 2.72. The average Bonchev–Trinajstić information content (AvgIpc) is 2.52. The molecule has 2 rings (SSSR count). The van der Waals surface area contributed by atoms with E-state index < -0.39 is 0 Å². The van der Waals surface area contributed by atoms with Crippen LogP contribution in [0.15, 0.2) is 0 Å². The SMILES string of the molecule is CCCCC1C2C[C@@H](CC)N12. The van der Waals surface area contributed by atoms with Crippen LogP contribution in [0.2, 0.25) is 0 Å². The number of nitrogens with zero attached hydrogens (tertiary/aromatic N) is 1. The summed E-state index contributed by atoms with van der Waals surface area (Å²) in [6.07, 6.45) is 7.16. The van der Waals surface area contributed by atoms with Gasteiger partial charge >= 0.3 is 0 Å². The van der Waals surface area contributed by atoms with E-state index in [-0.39, 0.29) is 0 Å². The zero-order valence-electron chi connectivity index (χ0n) is 7.71. The normalized spacial score (nSPS) is 46.4. The molecular formula is C10H19N. The van der Waals surface area contributed by atoms with E-state index in [4.69, 9.17) is 0 Å². The minimum atomic E-state index is 0.974. The third-order valence-electron chi connectivity index (χ3n) is 3.38. The third-order valence-corrected chi connectivity index (χ3v) is 3.38. The smallest absolute Gasteiger partial charge is 0.0273 e. The Hall–Kier alpha value is -0.0400. The zero-order chi connectivity index (χ0) is 7.84. The molecule has 1 nitrogen and oxygen atoms in total. The van der Waals surface area contributed by atoms with Gasteiger partial charge in [0.15, 0.2) is 0 Å². The van der Waals surface area contributed by atoms with Gasteiger partial charge in [-0.1, -0.05) is 26.7 Å². The topological polar surface area (TPSA) is 3.01 Å². The van der Waals surface area contributed by atoms with Crippen molar-refractivity contribution in [3.8, 4) is 0 Å². The van der Waals surface area contributed by atoms with Crippen molar-refractivity contribution in [3.63, 3.8) is 0 Å². The molecule has 0 saturated carbocycles. The second kappa shape index (κ2) is 2.78. The summed E-state index contributed by atoms with van der Waals surface area (Å²) in [5.74, 6) is 0. The van der Waals surface area contributed by atoms with Gasteiger partial charge in [-0.2, -0.15) is 0 Å². The van der Waals surface area contributed by atoms with Gasteiger partial charge in [0, 0.05) is 18.1 Å². The van der Waals surface area contributed by atoms with Crippen molar-refractivity contribution in [1.82, 2.24) is 4.90 Å². The monoisotopic (exact) mass is 153 g/mol. The van der Waals surface area contributed by atoms with E-state index in [2.05, 4.69) is 18.7 Å². The molecule has 4 atom stereocenters. The fraction of sp³-hybridized carbons (Fsp3) is 1.00. The lowest BCUT2D eigenvalue weighted by Crippen LogP contribution is -2.31. The molecule has 0 aliphatic carbocycles. The number of hydrogen-bond donors (Lipinski definition) is 0. The molecule has 0 N–H and O–H groups in total. The van der Waals surface area contributed by atoms with Gasteiger partial charge in [-0.25, -0.2) is 0 Å². The van der Waals surface area contributed by atoms with Crippen LogP contribution in [0.3, 0.4) is 0 Å². The molecule has 2 aliphatic rings. The Morgan fingerprint density at radius 2 is 2.18 bits per heavy atom. The Kier molecular flexibility index (Phi) is 1.92. The van der Waals surface area contributed by atoms with E-state index >= 15 is 0 Å². The molecule has 0 bridgehead atoms. The van der Waals surface area contributed by atoms with Crippen molar-refractivity contribution >= 4 is 0 Å². The van der Waals surface area contributed by atoms with E-state index in [9.17, 15) is 0 Å². The van der Waals surface area contributed by atoms with Gasteiger partial charge < -0.3 is 0 Å². The predicted octanol–water partition coefficient (Wildman–Crippen LogP) is 2.41. The van der Waals surface area contributed by atoms with Crippen molar-refractivity contribution in [3.05, 3.63) is 0 Å². The fourth-order valence-electron chi connectivity index (χ4n) is 2.57. The van der Waals surface area contributed by atoms with Gasteiger partial charge in [0.2, 0.25) is 0 Å². The minimum absolute atomic E-state index is 0.974. The van der Waals surface area contributed by atoms with Gasteiger partial charge in [-0.3, -0.25) is 4.90 Å². The summed E-state index contributed by atoms with van der Waals surface area (Å²) in [4.78, 5) is 2.72. The molecule has 0 spiro atoms. The van der Waals surface area contributed by atoms with Crippen molar-refractivity contribution < 1.29 is 0 Å². The molecule has 2 saturated heterocycles. The molecule has 1 heteroatoms. The standard InChI is InChI=1S/C10H19N/c1-3-5-6-9-10-7-8(4-2)11(9)10/h8-10H,3-7H2,1-2H3/t8-,9?,10?,11?/m1/s1. The molecule has 2 aliphatic heterocycles. The van der Waals surface area contributed by atoms with Gasteiger partial charge in [0.25, 0.3) is 0 Å². The molecule has 0 aromatic rings. The number of rotatable bonds is 4. The van der Waals surface area contributed by atoms with E-state index in [1.54, 1.807) is 0 Å². The first-order valence-corrected chi connectivity index (χ1v) is 5.16. The highest BCUT2D eigenvalue weighted by Gasteiger charge is 2.58. The Morgan fingerprint density at radius 1 is 1.36 bits per heavy atom. The second-order valence-electron chi connectivity index (χ2n) is 4.02. The van der Waals surface area contributed by atoms with E-state index in [0.29, 0.717) is 0 Å². The maximum atomic E-state index is 2.72. The van der Waals surface area contributed by atoms with E-state index in [0.717, 1.165) is 18.1 Å². The molecule has 2 fully saturated rings. The molecule has 3 unspecified atom stereocenters. The predicted molar refractivity (Wildman–Crippen MR) is 47.6 cm³/mol. The first kappa shape index (κ1) is 7.60. The maximum Gasteiger partial charge on any atom is 0.0273 e. The molecule has 0 aromatic carbocycles. The highest BCUT2D eigenvalue weighted by Crippen LogP contribution is 2.49. The van der Waals surface area contributed by atoms with Crippen LogP contribution in [-0.2, 0) is 0 Å². The van der Waals surface area contributed by atoms with E-state index in [1.165, 1.54) is 32.1 Å². The summed E-state index contributed by atoms with van der Waals surface area (Å²) in [5.41, 5.74) is 0. The Morgan fingerprint density at radius 3 is 2.73 bits per heavy atom. The van der Waals surface area contributed by atoms with Crippen LogP contribution >= 0.6 is 0 Å². The molecule has 64 valence electrons. The number of unbranched alkanes of at least 4 members (excludes halogenated alkanes) is 1. The summed E-state index contributed by atoms with van der Waals surface area (Å²) < 4.78 is 0. The van der Waals surface area contributed by atoms with Crippen LogP contribution in [0.5, 0.6) is 0 Å². The summed E-state index contributed by atoms with van der Waals surface area (Å²) >= 11 is 0. The Labute approximate surface area is 69.8 Å². The molecule has 2 heterocycles. The lowest BCUT2D eigenvalue weighted by atomic mass is 10.0. The summed E-state index contributed by atoms with van der Waals surface area (Å²) in [6.45, 7) is 4.60. The zero-order valence-corrected chi connectivity index (χ0v) is 7.71. The lowest BCUT2D eigenvalue weighted by molar-refractivity contribution is 0.234. The van der Waals surface area contributed by atoms with Crippen molar-refractivity contribution in [2.75, 3.05) is 0 Å². The fourth-order valence-corrected chi connectivity index (χ4v) is 2.57. The van der Waals surface area contributed by atoms with Crippen LogP contribution in [0, 0.1) is 0 Å². The van der Waals surface area contributed by atoms with Crippen LogP contribution in [0.1, 0.15) is 46.0 Å². The van der Waals surface area contributed by atoms with Gasteiger partial charge in [-0.15, -0.1) is 0 Å². The summed E-state index contributed by atoms with van der Waals surface area (Å²) in [6, 6.07) is 3.02.